The monoisotopic (exact) mass is 356 g/mol. The zero-order valence-electron chi connectivity index (χ0n) is 12.5. The molecule has 2 heterocycles. The molecule has 0 saturated carbocycles. The van der Waals surface area contributed by atoms with Crippen molar-refractivity contribution in [3.8, 4) is 0 Å². The first-order chi connectivity index (χ1) is 9.88. The molecule has 1 aromatic heterocycles. The Kier molecular flexibility index (Phi) is 5.16. The molecule has 1 aliphatic heterocycles. The van der Waals surface area contributed by atoms with Gasteiger partial charge in [-0.2, -0.15) is 0 Å². The summed E-state index contributed by atoms with van der Waals surface area (Å²) in [7, 11) is 0. The van der Waals surface area contributed by atoms with E-state index in [2.05, 4.69) is 50.4 Å². The number of amides is 2. The SMILES string of the molecule is CC(NC(=O)NCC1CCOC1(C)C)c1ncc(Br)cn1. The van der Waals surface area contributed by atoms with Gasteiger partial charge in [0.05, 0.1) is 16.1 Å². The van der Waals surface area contributed by atoms with Crippen molar-refractivity contribution in [3.05, 3.63) is 22.7 Å². The third-order valence-electron chi connectivity index (χ3n) is 3.81. The highest BCUT2D eigenvalue weighted by molar-refractivity contribution is 9.10. The molecular weight excluding hydrogens is 336 g/mol. The fraction of sp³-hybridized carbons (Fsp3) is 0.643. The molecule has 0 radical (unpaired) electrons. The average Bonchev–Trinajstić information content (AvgIpc) is 2.76. The lowest BCUT2D eigenvalue weighted by atomic mass is 9.91. The number of carbonyl (C=O) groups is 1. The summed E-state index contributed by atoms with van der Waals surface area (Å²) in [5, 5.41) is 5.73. The summed E-state index contributed by atoms with van der Waals surface area (Å²) in [6, 6.07) is -0.456. The summed E-state index contributed by atoms with van der Waals surface area (Å²) >= 11 is 3.28. The highest BCUT2D eigenvalue weighted by Crippen LogP contribution is 2.30. The topological polar surface area (TPSA) is 76.1 Å². The van der Waals surface area contributed by atoms with Gasteiger partial charge in [-0.3, -0.25) is 0 Å². The molecule has 2 unspecified atom stereocenters. The van der Waals surface area contributed by atoms with Gasteiger partial charge in [0.2, 0.25) is 0 Å². The number of hydrogen-bond donors (Lipinski definition) is 2. The van der Waals surface area contributed by atoms with E-state index in [1.165, 1.54) is 0 Å². The molecule has 21 heavy (non-hydrogen) atoms. The number of aromatic nitrogens is 2. The van der Waals surface area contributed by atoms with E-state index in [1.54, 1.807) is 12.4 Å². The standard InChI is InChI=1S/C14H21BrN4O2/c1-9(12-16-7-11(15)8-17-12)19-13(20)18-6-10-4-5-21-14(10,2)3/h7-10H,4-6H2,1-3H3,(H2,18,19,20). The highest BCUT2D eigenvalue weighted by Gasteiger charge is 2.35. The molecule has 7 heteroatoms. The van der Waals surface area contributed by atoms with Crippen LogP contribution in [-0.4, -0.2) is 34.8 Å². The number of rotatable bonds is 4. The molecule has 2 rings (SSSR count). The summed E-state index contributed by atoms with van der Waals surface area (Å²) in [4.78, 5) is 20.3. The Morgan fingerprint density at radius 1 is 1.52 bits per heavy atom. The van der Waals surface area contributed by atoms with Crippen molar-refractivity contribution in [1.29, 1.82) is 0 Å². The summed E-state index contributed by atoms with van der Waals surface area (Å²) in [6.07, 6.45) is 4.30. The Balaban J connectivity index is 1.80. The number of ether oxygens (including phenoxy) is 1. The third-order valence-corrected chi connectivity index (χ3v) is 4.22. The minimum atomic E-state index is -0.245. The minimum Gasteiger partial charge on any atom is -0.375 e. The van der Waals surface area contributed by atoms with Crippen molar-refractivity contribution in [2.24, 2.45) is 5.92 Å². The minimum absolute atomic E-state index is 0.173. The van der Waals surface area contributed by atoms with Crippen molar-refractivity contribution in [2.45, 2.75) is 38.8 Å². The normalized spacial score (nSPS) is 21.8. The van der Waals surface area contributed by atoms with Crippen LogP contribution in [-0.2, 0) is 4.74 Å². The van der Waals surface area contributed by atoms with Crippen molar-refractivity contribution in [1.82, 2.24) is 20.6 Å². The number of nitrogens with one attached hydrogen (secondary N) is 2. The van der Waals surface area contributed by atoms with Gasteiger partial charge in [0.25, 0.3) is 0 Å². The van der Waals surface area contributed by atoms with E-state index in [0.29, 0.717) is 18.3 Å². The van der Waals surface area contributed by atoms with Crippen LogP contribution in [0.15, 0.2) is 16.9 Å². The van der Waals surface area contributed by atoms with Gasteiger partial charge in [-0.05, 0) is 43.1 Å². The lowest BCUT2D eigenvalue weighted by Crippen LogP contribution is -2.43. The average molecular weight is 357 g/mol. The Hall–Kier alpha value is -1.21. The van der Waals surface area contributed by atoms with Gasteiger partial charge in [0.15, 0.2) is 0 Å². The van der Waals surface area contributed by atoms with E-state index < -0.39 is 0 Å². The van der Waals surface area contributed by atoms with Gasteiger partial charge in [-0.1, -0.05) is 0 Å². The number of hydrogen-bond acceptors (Lipinski definition) is 4. The van der Waals surface area contributed by atoms with Crippen LogP contribution in [0.4, 0.5) is 4.79 Å². The maximum absolute atomic E-state index is 11.9. The van der Waals surface area contributed by atoms with E-state index in [0.717, 1.165) is 17.5 Å². The second kappa shape index (κ2) is 6.70. The van der Waals surface area contributed by atoms with Crippen molar-refractivity contribution in [2.75, 3.05) is 13.2 Å². The molecule has 1 fully saturated rings. The molecule has 1 saturated heterocycles. The smallest absolute Gasteiger partial charge is 0.315 e. The van der Waals surface area contributed by atoms with Crippen LogP contribution < -0.4 is 10.6 Å². The maximum atomic E-state index is 11.9. The van der Waals surface area contributed by atoms with Gasteiger partial charge >= 0.3 is 6.03 Å². The third kappa shape index (κ3) is 4.38. The van der Waals surface area contributed by atoms with Gasteiger partial charge in [-0.15, -0.1) is 0 Å². The lowest BCUT2D eigenvalue weighted by molar-refractivity contribution is 0.0120. The van der Waals surface area contributed by atoms with Crippen LogP contribution >= 0.6 is 15.9 Å². The molecule has 1 aromatic rings. The van der Waals surface area contributed by atoms with Crippen LogP contribution in [0.2, 0.25) is 0 Å². The van der Waals surface area contributed by atoms with Crippen molar-refractivity contribution in [3.63, 3.8) is 0 Å². The van der Waals surface area contributed by atoms with Crippen LogP contribution in [0.5, 0.6) is 0 Å². The molecular formula is C14H21BrN4O2. The fourth-order valence-electron chi connectivity index (χ4n) is 2.35. The fourth-order valence-corrected chi connectivity index (χ4v) is 2.56. The molecule has 0 spiro atoms. The maximum Gasteiger partial charge on any atom is 0.315 e. The molecule has 1 aliphatic rings. The lowest BCUT2D eigenvalue weighted by Gasteiger charge is -2.26. The second-order valence-electron chi connectivity index (χ2n) is 5.77. The summed E-state index contributed by atoms with van der Waals surface area (Å²) in [5.41, 5.74) is -0.173. The van der Waals surface area contributed by atoms with Gasteiger partial charge in [0, 0.05) is 31.5 Å². The molecule has 116 valence electrons. The first-order valence-corrected chi connectivity index (χ1v) is 7.83. The first kappa shape index (κ1) is 16.2. The highest BCUT2D eigenvalue weighted by atomic mass is 79.9. The quantitative estimate of drug-likeness (QED) is 0.868. The van der Waals surface area contributed by atoms with Crippen LogP contribution in [0, 0.1) is 5.92 Å². The van der Waals surface area contributed by atoms with Crippen molar-refractivity contribution >= 4 is 22.0 Å². The van der Waals surface area contributed by atoms with Gasteiger partial charge in [-0.25, -0.2) is 14.8 Å². The Labute approximate surface area is 133 Å². The summed E-state index contributed by atoms with van der Waals surface area (Å²) in [5.74, 6) is 0.917. The predicted octanol–water partition coefficient (Wildman–Crippen LogP) is 2.41. The predicted molar refractivity (Wildman–Crippen MR) is 82.8 cm³/mol. The Morgan fingerprint density at radius 2 is 2.19 bits per heavy atom. The largest absolute Gasteiger partial charge is 0.375 e. The number of carbonyl (C=O) groups excluding carboxylic acids is 1. The molecule has 2 N–H and O–H groups in total. The number of urea groups is 1. The van der Waals surface area contributed by atoms with E-state index in [1.807, 2.05) is 6.92 Å². The van der Waals surface area contributed by atoms with Crippen molar-refractivity contribution < 1.29 is 9.53 Å². The van der Waals surface area contributed by atoms with Gasteiger partial charge in [0.1, 0.15) is 5.82 Å². The molecule has 2 amide bonds. The summed E-state index contributed by atoms with van der Waals surface area (Å²) < 4.78 is 6.46. The van der Waals surface area contributed by atoms with E-state index in [4.69, 9.17) is 4.74 Å². The Morgan fingerprint density at radius 3 is 2.76 bits per heavy atom. The second-order valence-corrected chi connectivity index (χ2v) is 6.69. The first-order valence-electron chi connectivity index (χ1n) is 7.04. The Bertz CT molecular complexity index is 492. The molecule has 0 aromatic carbocycles. The van der Waals surface area contributed by atoms with E-state index in [9.17, 15) is 4.79 Å². The number of nitrogens with zero attached hydrogens (tertiary/aromatic N) is 2. The molecule has 0 aliphatic carbocycles. The van der Waals surface area contributed by atoms with Crippen LogP contribution in [0.25, 0.3) is 0 Å². The zero-order chi connectivity index (χ0) is 15.5. The van der Waals surface area contributed by atoms with E-state index in [-0.39, 0.29) is 17.7 Å². The van der Waals surface area contributed by atoms with Crippen LogP contribution in [0.3, 0.4) is 0 Å². The molecule has 2 atom stereocenters. The van der Waals surface area contributed by atoms with Gasteiger partial charge < -0.3 is 15.4 Å². The molecule has 6 nitrogen and oxygen atoms in total. The van der Waals surface area contributed by atoms with E-state index >= 15 is 0 Å². The molecule has 0 bridgehead atoms. The summed E-state index contributed by atoms with van der Waals surface area (Å²) in [6.45, 7) is 7.33. The van der Waals surface area contributed by atoms with Crippen LogP contribution in [0.1, 0.15) is 39.1 Å². The zero-order valence-corrected chi connectivity index (χ0v) is 14.1. The number of halogens is 1.